The first-order valence-electron chi connectivity index (χ1n) is 8.69. The molecule has 0 unspecified atom stereocenters. The Hall–Kier alpha value is -1.80. The number of rotatable bonds is 4. The Morgan fingerprint density at radius 1 is 0.913 bits per heavy atom. The lowest BCUT2D eigenvalue weighted by Gasteiger charge is -2.49. The van der Waals surface area contributed by atoms with Crippen LogP contribution in [0.3, 0.4) is 0 Å². The predicted molar refractivity (Wildman–Crippen MR) is 94.3 cm³/mol. The van der Waals surface area contributed by atoms with Crippen LogP contribution in [0.4, 0.5) is 0 Å². The maximum atomic E-state index is 5.32. The van der Waals surface area contributed by atoms with Gasteiger partial charge >= 0.3 is 0 Å². The summed E-state index contributed by atoms with van der Waals surface area (Å²) in [6, 6.07) is 17.9. The highest BCUT2D eigenvalue weighted by molar-refractivity contribution is 5.44. The summed E-state index contributed by atoms with van der Waals surface area (Å²) in [6.45, 7) is 1.13. The van der Waals surface area contributed by atoms with E-state index in [1.54, 1.807) is 18.2 Å². The third-order valence-corrected chi connectivity index (χ3v) is 5.92. The van der Waals surface area contributed by atoms with Gasteiger partial charge in [-0.25, -0.2) is 0 Å². The largest absolute Gasteiger partial charge is 0.497 e. The third kappa shape index (κ3) is 2.46. The van der Waals surface area contributed by atoms with Gasteiger partial charge < -0.3 is 10.1 Å². The molecule has 0 saturated heterocycles. The van der Waals surface area contributed by atoms with Gasteiger partial charge in [-0.1, -0.05) is 36.4 Å². The van der Waals surface area contributed by atoms with Crippen molar-refractivity contribution in [2.75, 3.05) is 20.7 Å². The molecule has 1 saturated carbocycles. The third-order valence-electron chi connectivity index (χ3n) is 5.92. The fourth-order valence-electron chi connectivity index (χ4n) is 4.90. The summed E-state index contributed by atoms with van der Waals surface area (Å²) in [6.07, 6.45) is 2.58. The fraction of sp³-hybridized carbons (Fsp3) is 0.429. The molecular weight excluding hydrogens is 282 g/mol. The Bertz CT molecular complexity index is 678. The van der Waals surface area contributed by atoms with Gasteiger partial charge in [0, 0.05) is 0 Å². The van der Waals surface area contributed by atoms with Crippen molar-refractivity contribution in [2.24, 2.45) is 5.92 Å². The summed E-state index contributed by atoms with van der Waals surface area (Å²) in [5, 5.41) is 3.41. The molecule has 2 heteroatoms. The van der Waals surface area contributed by atoms with Crippen LogP contribution in [0, 0.1) is 5.92 Å². The fourth-order valence-corrected chi connectivity index (χ4v) is 4.90. The maximum Gasteiger partial charge on any atom is 0.118 e. The molecule has 0 amide bonds. The number of fused-ring (bicyclic) bond motifs is 2. The zero-order chi connectivity index (χ0) is 15.8. The molecule has 5 rings (SSSR count). The molecule has 4 atom stereocenters. The molecule has 2 aromatic rings. The molecule has 0 spiro atoms. The molecular formula is C21H25NO. The van der Waals surface area contributed by atoms with Crippen LogP contribution in [0.15, 0.2) is 48.5 Å². The molecule has 0 aliphatic heterocycles. The van der Waals surface area contributed by atoms with Gasteiger partial charge in [-0.15, -0.1) is 0 Å². The second kappa shape index (κ2) is 6.01. The van der Waals surface area contributed by atoms with Gasteiger partial charge in [0.15, 0.2) is 0 Å². The number of benzene rings is 2. The molecule has 3 aliphatic rings. The van der Waals surface area contributed by atoms with E-state index in [9.17, 15) is 0 Å². The average Bonchev–Trinajstić information content (AvgIpc) is 2.62. The lowest BCUT2D eigenvalue weighted by Crippen LogP contribution is -2.38. The normalized spacial score (nSPS) is 28.4. The van der Waals surface area contributed by atoms with Gasteiger partial charge in [-0.05, 0) is 78.9 Å². The van der Waals surface area contributed by atoms with Crippen LogP contribution < -0.4 is 10.1 Å². The van der Waals surface area contributed by atoms with Crippen LogP contribution in [-0.4, -0.2) is 20.7 Å². The van der Waals surface area contributed by atoms with Crippen LogP contribution in [0.25, 0.3) is 0 Å². The van der Waals surface area contributed by atoms with Crippen LogP contribution in [0.5, 0.6) is 5.75 Å². The highest BCUT2D eigenvalue weighted by Crippen LogP contribution is 2.58. The zero-order valence-corrected chi connectivity index (χ0v) is 14.0. The SMILES string of the molecule is CNC[C@H]1C[C@@H]2c3ccccc3[C@H]1C[C@@H]2c1ccc(OC)cc1. The molecule has 0 radical (unpaired) electrons. The summed E-state index contributed by atoms with van der Waals surface area (Å²) in [5.41, 5.74) is 4.67. The highest BCUT2D eigenvalue weighted by atomic mass is 16.5. The minimum atomic E-state index is 0.647. The van der Waals surface area contributed by atoms with Crippen molar-refractivity contribution in [1.82, 2.24) is 5.32 Å². The Morgan fingerprint density at radius 3 is 2.26 bits per heavy atom. The summed E-state index contributed by atoms with van der Waals surface area (Å²) >= 11 is 0. The minimum absolute atomic E-state index is 0.647. The van der Waals surface area contributed by atoms with Crippen molar-refractivity contribution in [3.05, 3.63) is 65.2 Å². The second-order valence-corrected chi connectivity index (χ2v) is 7.01. The van der Waals surface area contributed by atoms with Crippen LogP contribution in [0.1, 0.15) is 47.3 Å². The number of hydrogen-bond acceptors (Lipinski definition) is 2. The van der Waals surface area contributed by atoms with Crippen molar-refractivity contribution in [2.45, 2.75) is 30.6 Å². The molecule has 2 aromatic carbocycles. The molecule has 0 heterocycles. The predicted octanol–water partition coefficient (Wildman–Crippen LogP) is 4.29. The highest BCUT2D eigenvalue weighted by Gasteiger charge is 2.44. The quantitative estimate of drug-likeness (QED) is 0.910. The van der Waals surface area contributed by atoms with E-state index in [0.717, 1.165) is 18.2 Å². The van der Waals surface area contributed by atoms with Gasteiger partial charge in [-0.2, -0.15) is 0 Å². The lowest BCUT2D eigenvalue weighted by atomic mass is 9.56. The van der Waals surface area contributed by atoms with Crippen LogP contribution in [0.2, 0.25) is 0 Å². The minimum Gasteiger partial charge on any atom is -0.497 e. The van der Waals surface area contributed by atoms with E-state index in [2.05, 4.69) is 60.9 Å². The smallest absolute Gasteiger partial charge is 0.118 e. The van der Waals surface area contributed by atoms with Crippen LogP contribution in [-0.2, 0) is 0 Å². The first-order valence-corrected chi connectivity index (χ1v) is 8.69. The molecule has 120 valence electrons. The van der Waals surface area contributed by atoms with E-state index in [1.165, 1.54) is 18.4 Å². The van der Waals surface area contributed by atoms with Crippen molar-refractivity contribution in [3.63, 3.8) is 0 Å². The van der Waals surface area contributed by atoms with Crippen molar-refractivity contribution in [1.29, 1.82) is 0 Å². The molecule has 23 heavy (non-hydrogen) atoms. The first kappa shape index (κ1) is 14.8. The number of methoxy groups -OCH3 is 1. The van der Waals surface area contributed by atoms with Gasteiger partial charge in [0.05, 0.1) is 7.11 Å². The first-order chi connectivity index (χ1) is 11.3. The summed E-state index contributed by atoms with van der Waals surface area (Å²) < 4.78 is 5.32. The van der Waals surface area contributed by atoms with Gasteiger partial charge in [-0.3, -0.25) is 0 Å². The van der Waals surface area contributed by atoms with Gasteiger partial charge in [0.2, 0.25) is 0 Å². The molecule has 2 bridgehead atoms. The molecule has 1 N–H and O–H groups in total. The van der Waals surface area contributed by atoms with E-state index in [-0.39, 0.29) is 0 Å². The second-order valence-electron chi connectivity index (χ2n) is 7.01. The Morgan fingerprint density at radius 2 is 1.61 bits per heavy atom. The molecule has 3 aliphatic carbocycles. The lowest BCUT2D eigenvalue weighted by molar-refractivity contribution is 0.217. The molecule has 1 fully saturated rings. The Labute approximate surface area is 138 Å². The van der Waals surface area contributed by atoms with Crippen molar-refractivity contribution in [3.8, 4) is 5.75 Å². The van der Waals surface area contributed by atoms with E-state index in [4.69, 9.17) is 4.74 Å². The zero-order valence-electron chi connectivity index (χ0n) is 14.0. The van der Waals surface area contributed by atoms with Crippen LogP contribution >= 0.6 is 0 Å². The Kier molecular flexibility index (Phi) is 3.86. The summed E-state index contributed by atoms with van der Waals surface area (Å²) in [5.74, 6) is 3.71. The van der Waals surface area contributed by atoms with Crippen molar-refractivity contribution < 1.29 is 4.74 Å². The number of ether oxygens (including phenoxy) is 1. The molecule has 0 aromatic heterocycles. The van der Waals surface area contributed by atoms with E-state index in [1.807, 2.05) is 0 Å². The topological polar surface area (TPSA) is 21.3 Å². The maximum absolute atomic E-state index is 5.32. The molecule has 2 nitrogen and oxygen atoms in total. The van der Waals surface area contributed by atoms with E-state index in [0.29, 0.717) is 17.8 Å². The van der Waals surface area contributed by atoms with E-state index < -0.39 is 0 Å². The van der Waals surface area contributed by atoms with Crippen molar-refractivity contribution >= 4 is 0 Å². The Balaban J connectivity index is 1.70. The summed E-state index contributed by atoms with van der Waals surface area (Å²) in [7, 11) is 3.81. The number of nitrogens with one attached hydrogen (secondary N) is 1. The number of hydrogen-bond donors (Lipinski definition) is 1. The van der Waals surface area contributed by atoms with Gasteiger partial charge in [0.25, 0.3) is 0 Å². The van der Waals surface area contributed by atoms with E-state index >= 15 is 0 Å². The average molecular weight is 307 g/mol. The monoisotopic (exact) mass is 307 g/mol. The summed E-state index contributed by atoms with van der Waals surface area (Å²) in [4.78, 5) is 0. The van der Waals surface area contributed by atoms with Gasteiger partial charge in [0.1, 0.15) is 5.75 Å². The standard InChI is InChI=1S/C21H25NO/c1-22-13-15-11-21-18-6-4-3-5-17(18)20(15)12-19(21)14-7-9-16(23-2)10-8-14/h3-10,15,19-22H,11-13H2,1-2H3/t15-,19-,20+,21-/m1/s1.